The first kappa shape index (κ1) is 17.4. The van der Waals surface area contributed by atoms with E-state index in [1.165, 1.54) is 12.3 Å². The summed E-state index contributed by atoms with van der Waals surface area (Å²) in [6.45, 7) is 1.85. The first-order valence-corrected chi connectivity index (χ1v) is 7.51. The fourth-order valence-corrected chi connectivity index (χ4v) is 2.49. The molecule has 0 spiro atoms. The molecule has 0 aliphatic rings. The van der Waals surface area contributed by atoms with Crippen molar-refractivity contribution < 1.29 is 10.0 Å². The zero-order chi connectivity index (χ0) is 17.0. The molecule has 2 heterocycles. The van der Waals surface area contributed by atoms with E-state index in [0.717, 1.165) is 0 Å². The molecule has 0 fully saturated rings. The number of hydrogen-bond donors (Lipinski definition) is 1. The first-order chi connectivity index (χ1) is 10.9. The van der Waals surface area contributed by atoms with E-state index in [9.17, 15) is 10.1 Å². The van der Waals surface area contributed by atoms with Gasteiger partial charge in [0.2, 0.25) is 5.82 Å². The molecular weight excluding hydrogens is 343 g/mol. The maximum absolute atomic E-state index is 11.4. The zero-order valence-corrected chi connectivity index (χ0v) is 13.8. The highest BCUT2D eigenvalue weighted by atomic mass is 35.5. The lowest BCUT2D eigenvalue weighted by atomic mass is 10.2. The van der Waals surface area contributed by atoms with Gasteiger partial charge in [0, 0.05) is 18.7 Å². The van der Waals surface area contributed by atoms with Crippen LogP contribution >= 0.6 is 23.2 Å². The van der Waals surface area contributed by atoms with Gasteiger partial charge in [-0.1, -0.05) is 23.2 Å². The van der Waals surface area contributed by atoms with Crippen LogP contribution in [0.3, 0.4) is 0 Å². The lowest BCUT2D eigenvalue weighted by Crippen LogP contribution is -2.22. The van der Waals surface area contributed by atoms with Crippen molar-refractivity contribution in [3.63, 3.8) is 0 Å². The molecular formula is C14H14Cl2N4O3. The summed E-state index contributed by atoms with van der Waals surface area (Å²) in [5.41, 5.74) is 0.836. The second kappa shape index (κ2) is 7.54. The summed E-state index contributed by atoms with van der Waals surface area (Å²) >= 11 is 11.8. The molecule has 2 aromatic rings. The Hall–Kier alpha value is -1.96. The van der Waals surface area contributed by atoms with Gasteiger partial charge in [0.15, 0.2) is 0 Å². The molecule has 0 radical (unpaired) electrons. The molecule has 9 heteroatoms. The lowest BCUT2D eigenvalue weighted by Gasteiger charge is -2.23. The minimum absolute atomic E-state index is 0.0646. The van der Waals surface area contributed by atoms with Crippen LogP contribution in [0.2, 0.25) is 10.3 Å². The molecule has 7 nitrogen and oxygen atoms in total. The molecule has 2 rings (SSSR count). The zero-order valence-electron chi connectivity index (χ0n) is 12.2. The summed E-state index contributed by atoms with van der Waals surface area (Å²) in [4.78, 5) is 20.6. The molecule has 0 saturated carbocycles. The topological polar surface area (TPSA) is 92.4 Å². The number of aryl methyl sites for hydroxylation is 1. The molecule has 0 aromatic carbocycles. The van der Waals surface area contributed by atoms with Crippen molar-refractivity contribution in [2.75, 3.05) is 18.1 Å². The molecule has 0 amide bonds. The molecule has 23 heavy (non-hydrogen) atoms. The largest absolute Gasteiger partial charge is 0.396 e. The number of anilines is 2. The third-order valence-electron chi connectivity index (χ3n) is 3.14. The molecule has 1 N–H and O–H groups in total. The molecule has 2 aromatic heterocycles. The predicted octanol–water partition coefficient (Wildman–Crippen LogP) is 3.52. The van der Waals surface area contributed by atoms with Crippen LogP contribution < -0.4 is 4.90 Å². The van der Waals surface area contributed by atoms with E-state index in [-0.39, 0.29) is 23.3 Å². The Labute approximate surface area is 142 Å². The van der Waals surface area contributed by atoms with Crippen LogP contribution in [0.4, 0.5) is 17.2 Å². The third kappa shape index (κ3) is 4.07. The molecule has 0 bridgehead atoms. The number of nitrogens with zero attached hydrogens (tertiary/aromatic N) is 4. The summed E-state index contributed by atoms with van der Waals surface area (Å²) in [5, 5.41) is 21.0. The summed E-state index contributed by atoms with van der Waals surface area (Å²) in [7, 11) is 0. The maximum Gasteiger partial charge on any atom is 0.314 e. The SMILES string of the molecule is Cc1cc(Cl)nc(N(CCCO)c2ccc(Cl)nc2)c1[N+](=O)[O-]. The number of pyridine rings is 2. The van der Waals surface area contributed by atoms with Crippen molar-refractivity contribution in [3.8, 4) is 0 Å². The van der Waals surface area contributed by atoms with Gasteiger partial charge in [-0.25, -0.2) is 9.97 Å². The highest BCUT2D eigenvalue weighted by Crippen LogP contribution is 2.35. The van der Waals surface area contributed by atoms with E-state index in [1.807, 2.05) is 0 Å². The lowest BCUT2D eigenvalue weighted by molar-refractivity contribution is -0.384. The molecule has 0 aliphatic heterocycles. The summed E-state index contributed by atoms with van der Waals surface area (Å²) in [5.74, 6) is 0.109. The standard InChI is InChI=1S/C14H14Cl2N4O3/c1-9-7-12(16)18-14(13(9)20(22)23)19(5-2-6-21)10-3-4-11(15)17-8-10/h3-4,7-8,21H,2,5-6H2,1H3. The molecule has 0 atom stereocenters. The summed E-state index contributed by atoms with van der Waals surface area (Å²) in [6, 6.07) is 4.69. The number of nitro groups is 1. The minimum Gasteiger partial charge on any atom is -0.396 e. The van der Waals surface area contributed by atoms with E-state index in [2.05, 4.69) is 9.97 Å². The van der Waals surface area contributed by atoms with E-state index in [0.29, 0.717) is 29.4 Å². The van der Waals surface area contributed by atoms with Crippen molar-refractivity contribution >= 4 is 40.4 Å². The van der Waals surface area contributed by atoms with E-state index in [1.54, 1.807) is 24.0 Å². The van der Waals surface area contributed by atoms with Crippen LogP contribution in [-0.2, 0) is 0 Å². The van der Waals surface area contributed by atoms with Crippen molar-refractivity contribution in [3.05, 3.63) is 50.4 Å². The Morgan fingerprint density at radius 3 is 2.65 bits per heavy atom. The third-order valence-corrected chi connectivity index (χ3v) is 3.55. The number of hydrogen-bond acceptors (Lipinski definition) is 6. The Morgan fingerprint density at radius 2 is 2.09 bits per heavy atom. The summed E-state index contributed by atoms with van der Waals surface area (Å²) in [6.07, 6.45) is 1.88. The molecule has 0 aliphatic carbocycles. The molecule has 122 valence electrons. The monoisotopic (exact) mass is 356 g/mol. The van der Waals surface area contributed by atoms with Crippen LogP contribution in [0.25, 0.3) is 0 Å². The van der Waals surface area contributed by atoms with Crippen LogP contribution in [0.1, 0.15) is 12.0 Å². The van der Waals surface area contributed by atoms with Crippen LogP contribution in [-0.4, -0.2) is 33.1 Å². The maximum atomic E-state index is 11.4. The molecule has 0 saturated heterocycles. The van der Waals surface area contributed by atoms with Crippen molar-refractivity contribution in [2.45, 2.75) is 13.3 Å². The Kier molecular flexibility index (Phi) is 5.70. The second-order valence-corrected chi connectivity index (χ2v) is 5.53. The van der Waals surface area contributed by atoms with Gasteiger partial charge in [0.05, 0.1) is 16.8 Å². The van der Waals surface area contributed by atoms with Gasteiger partial charge in [-0.2, -0.15) is 0 Å². The van der Waals surface area contributed by atoms with Crippen molar-refractivity contribution in [1.82, 2.24) is 9.97 Å². The minimum atomic E-state index is -0.497. The average molecular weight is 357 g/mol. The van der Waals surface area contributed by atoms with Gasteiger partial charge in [0.25, 0.3) is 0 Å². The second-order valence-electron chi connectivity index (χ2n) is 4.76. The number of aliphatic hydroxyl groups excluding tert-OH is 1. The smallest absolute Gasteiger partial charge is 0.314 e. The first-order valence-electron chi connectivity index (χ1n) is 6.75. The number of rotatable bonds is 6. The van der Waals surface area contributed by atoms with E-state index < -0.39 is 4.92 Å². The molecule has 0 unspecified atom stereocenters. The van der Waals surface area contributed by atoms with E-state index in [4.69, 9.17) is 28.3 Å². The van der Waals surface area contributed by atoms with Gasteiger partial charge in [-0.15, -0.1) is 0 Å². The van der Waals surface area contributed by atoms with Crippen molar-refractivity contribution in [1.29, 1.82) is 0 Å². The Balaban J connectivity index is 2.59. The quantitative estimate of drug-likeness (QED) is 0.483. The van der Waals surface area contributed by atoms with Gasteiger partial charge >= 0.3 is 5.69 Å². The number of aromatic nitrogens is 2. The number of halogens is 2. The Bertz CT molecular complexity index is 710. The van der Waals surface area contributed by atoms with E-state index >= 15 is 0 Å². The van der Waals surface area contributed by atoms with Crippen molar-refractivity contribution in [2.24, 2.45) is 0 Å². The fourth-order valence-electron chi connectivity index (χ4n) is 2.14. The van der Waals surface area contributed by atoms with Gasteiger partial charge < -0.3 is 10.0 Å². The van der Waals surface area contributed by atoms with Gasteiger partial charge in [-0.05, 0) is 31.5 Å². The van der Waals surface area contributed by atoms with Crippen LogP contribution in [0.5, 0.6) is 0 Å². The normalized spacial score (nSPS) is 10.6. The highest BCUT2D eigenvalue weighted by molar-refractivity contribution is 6.29. The summed E-state index contributed by atoms with van der Waals surface area (Å²) < 4.78 is 0. The highest BCUT2D eigenvalue weighted by Gasteiger charge is 2.26. The fraction of sp³-hybridized carbons (Fsp3) is 0.286. The average Bonchev–Trinajstić information content (AvgIpc) is 2.48. The van der Waals surface area contributed by atoms with Gasteiger partial charge in [0.1, 0.15) is 10.3 Å². The van der Waals surface area contributed by atoms with Crippen LogP contribution in [0.15, 0.2) is 24.4 Å². The van der Waals surface area contributed by atoms with Crippen LogP contribution in [0, 0.1) is 17.0 Å². The Morgan fingerprint density at radius 1 is 1.35 bits per heavy atom. The predicted molar refractivity (Wildman–Crippen MR) is 88.6 cm³/mol. The number of aliphatic hydroxyl groups is 1. The van der Waals surface area contributed by atoms with Gasteiger partial charge in [-0.3, -0.25) is 10.1 Å².